The Hall–Kier alpha value is -0.820. The van der Waals surface area contributed by atoms with Crippen molar-refractivity contribution in [2.24, 2.45) is 5.11 Å². The number of azide groups is 1. The van der Waals surface area contributed by atoms with Crippen LogP contribution in [0.1, 0.15) is 20.8 Å². The predicted molar refractivity (Wildman–Crippen MR) is 53.8 cm³/mol. The number of nitrogens with zero attached hydrogens (tertiary/aromatic N) is 3. The van der Waals surface area contributed by atoms with Crippen LogP contribution in [-0.2, 0) is 10.2 Å². The second-order valence-corrected chi connectivity index (χ2v) is 5.20. The molecule has 0 amide bonds. The van der Waals surface area contributed by atoms with Gasteiger partial charge >= 0.3 is 0 Å². The van der Waals surface area contributed by atoms with E-state index in [1.165, 1.54) is 0 Å². The minimum atomic E-state index is -3.50. The van der Waals surface area contributed by atoms with Crippen LogP contribution in [0.3, 0.4) is 0 Å². The lowest BCUT2D eigenvalue weighted by molar-refractivity contribution is 0.484. The van der Waals surface area contributed by atoms with Crippen LogP contribution in [0.15, 0.2) is 5.11 Å². The lowest BCUT2D eigenvalue weighted by atomic mass is 10.1. The molecule has 0 bridgehead atoms. The van der Waals surface area contributed by atoms with E-state index in [2.05, 4.69) is 19.5 Å². The SMILES string of the molecule is CC(C)(C)NS(=O)(=O)NCCN=[N+]=[N-]. The molecule has 0 aliphatic heterocycles. The quantitative estimate of drug-likeness (QED) is 0.305. The van der Waals surface area contributed by atoms with Crippen LogP contribution in [0.5, 0.6) is 0 Å². The Morgan fingerprint density at radius 2 is 2.00 bits per heavy atom. The molecule has 0 fully saturated rings. The van der Waals surface area contributed by atoms with Crippen molar-refractivity contribution >= 4 is 10.2 Å². The molecule has 0 heterocycles. The third kappa shape index (κ3) is 7.81. The van der Waals surface area contributed by atoms with Gasteiger partial charge in [0.1, 0.15) is 0 Å². The van der Waals surface area contributed by atoms with Crippen molar-refractivity contribution < 1.29 is 8.42 Å². The molecule has 2 N–H and O–H groups in total. The Kier molecular flexibility index (Phi) is 4.86. The van der Waals surface area contributed by atoms with Gasteiger partial charge in [0.15, 0.2) is 0 Å². The maximum Gasteiger partial charge on any atom is 0.277 e. The average Bonchev–Trinajstić information content (AvgIpc) is 1.93. The fourth-order valence-corrected chi connectivity index (χ4v) is 1.95. The van der Waals surface area contributed by atoms with Gasteiger partial charge in [0.2, 0.25) is 0 Å². The second-order valence-electron chi connectivity index (χ2n) is 3.70. The minimum Gasteiger partial charge on any atom is -0.202 e. The van der Waals surface area contributed by atoms with Gasteiger partial charge in [0, 0.05) is 23.5 Å². The Bertz CT molecular complexity index is 312. The number of rotatable bonds is 5. The first-order valence-electron chi connectivity index (χ1n) is 4.06. The van der Waals surface area contributed by atoms with E-state index in [1.54, 1.807) is 20.8 Å². The summed E-state index contributed by atoms with van der Waals surface area (Å²) >= 11 is 0. The van der Waals surface area contributed by atoms with E-state index >= 15 is 0 Å². The maximum atomic E-state index is 11.3. The molecule has 0 saturated carbocycles. The largest absolute Gasteiger partial charge is 0.277 e. The Labute approximate surface area is 83.7 Å². The molecule has 7 nitrogen and oxygen atoms in total. The zero-order valence-corrected chi connectivity index (χ0v) is 9.30. The molecule has 14 heavy (non-hydrogen) atoms. The normalized spacial score (nSPS) is 12.2. The van der Waals surface area contributed by atoms with Crippen LogP contribution in [-0.4, -0.2) is 27.0 Å². The van der Waals surface area contributed by atoms with Crippen molar-refractivity contribution in [2.45, 2.75) is 26.3 Å². The highest BCUT2D eigenvalue weighted by atomic mass is 32.2. The molecule has 0 saturated heterocycles. The van der Waals surface area contributed by atoms with Gasteiger partial charge in [-0.25, -0.2) is 4.72 Å². The van der Waals surface area contributed by atoms with E-state index in [9.17, 15) is 8.42 Å². The third-order valence-electron chi connectivity index (χ3n) is 1.01. The zero-order valence-electron chi connectivity index (χ0n) is 8.48. The molecule has 8 heteroatoms. The van der Waals surface area contributed by atoms with Crippen LogP contribution >= 0.6 is 0 Å². The Balaban J connectivity index is 4.03. The van der Waals surface area contributed by atoms with Crippen molar-refractivity contribution in [1.82, 2.24) is 9.44 Å². The van der Waals surface area contributed by atoms with Crippen molar-refractivity contribution in [3.05, 3.63) is 10.4 Å². The summed E-state index contributed by atoms with van der Waals surface area (Å²) in [4.78, 5) is 2.50. The topological polar surface area (TPSA) is 107 Å². The summed E-state index contributed by atoms with van der Waals surface area (Å²) in [6.07, 6.45) is 0. The summed E-state index contributed by atoms with van der Waals surface area (Å²) in [7, 11) is -3.50. The summed E-state index contributed by atoms with van der Waals surface area (Å²) < 4.78 is 27.1. The molecular weight excluding hydrogens is 206 g/mol. The second kappa shape index (κ2) is 5.16. The fourth-order valence-electron chi connectivity index (χ4n) is 0.714. The summed E-state index contributed by atoms with van der Waals surface area (Å²) in [5.74, 6) is 0. The van der Waals surface area contributed by atoms with Crippen LogP contribution < -0.4 is 9.44 Å². The van der Waals surface area contributed by atoms with Gasteiger partial charge in [-0.2, -0.15) is 13.1 Å². The van der Waals surface area contributed by atoms with Crippen LogP contribution in [0.25, 0.3) is 10.4 Å². The molecule has 0 aromatic rings. The molecule has 0 radical (unpaired) electrons. The number of hydrogen-bond acceptors (Lipinski definition) is 3. The van der Waals surface area contributed by atoms with E-state index in [-0.39, 0.29) is 13.1 Å². The Morgan fingerprint density at radius 3 is 2.43 bits per heavy atom. The summed E-state index contributed by atoms with van der Waals surface area (Å²) in [6, 6.07) is 0. The van der Waals surface area contributed by atoms with Gasteiger partial charge in [-0.3, -0.25) is 0 Å². The smallest absolute Gasteiger partial charge is 0.202 e. The molecule has 82 valence electrons. The zero-order chi connectivity index (χ0) is 11.2. The molecule has 0 atom stereocenters. The van der Waals surface area contributed by atoms with E-state index < -0.39 is 15.7 Å². The average molecular weight is 221 g/mol. The summed E-state index contributed by atoms with van der Waals surface area (Å²) in [5.41, 5.74) is 7.42. The molecule has 0 unspecified atom stereocenters. The van der Waals surface area contributed by atoms with Crippen molar-refractivity contribution in [3.63, 3.8) is 0 Å². The first-order valence-corrected chi connectivity index (χ1v) is 5.54. The number of hydrogen-bond donors (Lipinski definition) is 2. The van der Waals surface area contributed by atoms with Gasteiger partial charge in [-0.1, -0.05) is 5.11 Å². The molecular formula is C6H15N5O2S. The van der Waals surface area contributed by atoms with Gasteiger partial charge in [-0.05, 0) is 26.3 Å². The molecule has 0 spiro atoms. The number of nitrogens with one attached hydrogen (secondary N) is 2. The van der Waals surface area contributed by atoms with Crippen molar-refractivity contribution in [3.8, 4) is 0 Å². The van der Waals surface area contributed by atoms with Crippen LogP contribution in [0.2, 0.25) is 0 Å². The molecule has 0 rings (SSSR count). The lowest BCUT2D eigenvalue weighted by Gasteiger charge is -2.20. The lowest BCUT2D eigenvalue weighted by Crippen LogP contribution is -2.47. The highest BCUT2D eigenvalue weighted by Crippen LogP contribution is 1.99. The van der Waals surface area contributed by atoms with E-state index in [4.69, 9.17) is 5.53 Å². The van der Waals surface area contributed by atoms with Gasteiger partial charge in [0.25, 0.3) is 10.2 Å². The van der Waals surface area contributed by atoms with Gasteiger partial charge in [-0.15, -0.1) is 0 Å². The van der Waals surface area contributed by atoms with Gasteiger partial charge in [0.05, 0.1) is 0 Å². The first kappa shape index (κ1) is 13.2. The van der Waals surface area contributed by atoms with Crippen LogP contribution in [0.4, 0.5) is 0 Å². The molecule has 0 aromatic heterocycles. The van der Waals surface area contributed by atoms with E-state index in [0.717, 1.165) is 0 Å². The summed E-state index contributed by atoms with van der Waals surface area (Å²) in [6.45, 7) is 5.40. The van der Waals surface area contributed by atoms with Crippen LogP contribution in [0, 0.1) is 0 Å². The first-order chi connectivity index (χ1) is 6.27. The maximum absolute atomic E-state index is 11.3. The highest BCUT2D eigenvalue weighted by Gasteiger charge is 2.18. The Morgan fingerprint density at radius 1 is 1.43 bits per heavy atom. The van der Waals surface area contributed by atoms with Gasteiger partial charge < -0.3 is 0 Å². The standard InChI is InChI=1S/C6H15N5O2S/c1-6(2,3)10-14(12,13)9-5-4-8-11-7/h9-10H,4-5H2,1-3H3. The third-order valence-corrected chi connectivity index (χ3v) is 2.47. The van der Waals surface area contributed by atoms with Crippen molar-refractivity contribution in [1.29, 1.82) is 0 Å². The summed E-state index contributed by atoms with van der Waals surface area (Å²) in [5, 5.41) is 3.20. The van der Waals surface area contributed by atoms with Crippen molar-refractivity contribution in [2.75, 3.05) is 13.1 Å². The predicted octanol–water partition coefficient (Wildman–Crippen LogP) is 0.519. The molecule has 0 aliphatic rings. The fraction of sp³-hybridized carbons (Fsp3) is 1.00. The molecule has 0 aromatic carbocycles. The van der Waals surface area contributed by atoms with E-state index in [0.29, 0.717) is 0 Å². The van der Waals surface area contributed by atoms with E-state index in [1.807, 2.05) is 0 Å². The molecule has 0 aliphatic carbocycles. The highest BCUT2D eigenvalue weighted by molar-refractivity contribution is 7.87. The minimum absolute atomic E-state index is 0.0927. The monoisotopic (exact) mass is 221 g/mol.